The number of rotatable bonds is 12. The zero-order valence-corrected chi connectivity index (χ0v) is 33.8. The van der Waals surface area contributed by atoms with Gasteiger partial charge >= 0.3 is 52.3 Å². The molecule has 0 N–H and O–H groups in total. The Morgan fingerprint density at radius 3 is 0.700 bits per heavy atom. The van der Waals surface area contributed by atoms with Crippen molar-refractivity contribution in [1.82, 2.24) is 0 Å². The molecule has 0 aromatic heterocycles. The van der Waals surface area contributed by atoms with Gasteiger partial charge in [-0.15, -0.1) is 26.3 Å². The first-order valence-corrected chi connectivity index (χ1v) is 27.9. The second kappa shape index (κ2) is 14.1. The minimum atomic E-state index is -4.11. The molecule has 0 spiro atoms. The van der Waals surface area contributed by atoms with Gasteiger partial charge in [0.1, 0.15) is 0 Å². The highest BCUT2D eigenvalue weighted by Gasteiger charge is 2.79. The standard InChI is InChI=1S/C36H40O8Si6/c1-5-29-45(30-6-2)37-47(33-21-13-9-14-22-33)41-48(38-45,34-23-15-10-16-24-34)44-50(36-27-19-12-20-28-36)40-46(31-7-3,32-8-4)39-49(42-50,43-47)35-25-17-11-18-26-35/h5-28H,1-4,29-32H2. The van der Waals surface area contributed by atoms with Gasteiger partial charge in [-0.05, 0) is 0 Å². The summed E-state index contributed by atoms with van der Waals surface area (Å²) in [6, 6.07) is 41.1. The van der Waals surface area contributed by atoms with Crippen LogP contribution in [0.2, 0.25) is 24.2 Å². The summed E-state index contributed by atoms with van der Waals surface area (Å²) in [7, 11) is -23.1. The molecule has 0 saturated carbocycles. The Hall–Kier alpha value is -3.18. The van der Waals surface area contributed by atoms with Gasteiger partial charge in [0, 0.05) is 44.9 Å². The van der Waals surface area contributed by atoms with Crippen molar-refractivity contribution in [2.24, 2.45) is 0 Å². The number of hydrogen-bond acceptors (Lipinski definition) is 8. The van der Waals surface area contributed by atoms with Crippen LogP contribution in [0.4, 0.5) is 0 Å². The lowest BCUT2D eigenvalue weighted by molar-refractivity contribution is 0.0480. The van der Waals surface area contributed by atoms with Crippen LogP contribution in [0.1, 0.15) is 0 Å². The van der Waals surface area contributed by atoms with Crippen molar-refractivity contribution in [2.45, 2.75) is 24.2 Å². The lowest BCUT2D eigenvalue weighted by Crippen LogP contribution is -2.90. The van der Waals surface area contributed by atoms with Crippen LogP contribution < -0.4 is 20.7 Å². The van der Waals surface area contributed by atoms with Crippen molar-refractivity contribution in [3.8, 4) is 0 Å². The second-order valence-electron chi connectivity index (χ2n) is 12.3. The zero-order valence-electron chi connectivity index (χ0n) is 27.8. The zero-order chi connectivity index (χ0) is 34.8. The quantitative estimate of drug-likeness (QED) is 0.145. The average Bonchev–Trinajstić information content (AvgIpc) is 3.13. The van der Waals surface area contributed by atoms with Crippen LogP contribution in [0.15, 0.2) is 172 Å². The second-order valence-corrected chi connectivity index (χ2v) is 30.9. The smallest absolute Gasteiger partial charge is 0.390 e. The van der Waals surface area contributed by atoms with Crippen molar-refractivity contribution < 1.29 is 32.9 Å². The minimum Gasteiger partial charge on any atom is -0.390 e. The summed E-state index contributed by atoms with van der Waals surface area (Å²) in [5.41, 5.74) is 0. The highest BCUT2D eigenvalue weighted by Crippen LogP contribution is 2.46. The third-order valence-electron chi connectivity index (χ3n) is 8.69. The van der Waals surface area contributed by atoms with Gasteiger partial charge in [-0.1, -0.05) is 146 Å². The number of benzene rings is 4. The van der Waals surface area contributed by atoms with E-state index < -0.39 is 52.3 Å². The monoisotopic (exact) mass is 768 g/mol. The molecule has 0 atom stereocenters. The molecule has 7 rings (SSSR count). The van der Waals surface area contributed by atoms with Crippen LogP contribution in [0, 0.1) is 0 Å². The maximum Gasteiger partial charge on any atom is 0.514 e. The van der Waals surface area contributed by atoms with Crippen LogP contribution in [0.25, 0.3) is 0 Å². The Kier molecular flexibility index (Phi) is 9.93. The van der Waals surface area contributed by atoms with Crippen molar-refractivity contribution >= 4 is 73.1 Å². The number of fused-ring (bicyclic) bond motifs is 4. The van der Waals surface area contributed by atoms with E-state index in [4.69, 9.17) is 32.9 Å². The normalized spacial score (nSPS) is 29.4. The van der Waals surface area contributed by atoms with E-state index in [1.54, 1.807) is 0 Å². The summed E-state index contributed by atoms with van der Waals surface area (Å²) < 4.78 is 60.0. The number of hydrogen-bond donors (Lipinski definition) is 0. The summed E-state index contributed by atoms with van der Waals surface area (Å²) in [5.74, 6) is 0. The average molecular weight is 769 g/mol. The molecule has 3 fully saturated rings. The van der Waals surface area contributed by atoms with E-state index in [1.165, 1.54) is 0 Å². The van der Waals surface area contributed by atoms with E-state index in [2.05, 4.69) is 26.3 Å². The molecule has 50 heavy (non-hydrogen) atoms. The van der Waals surface area contributed by atoms with Crippen LogP contribution in [0.3, 0.4) is 0 Å². The topological polar surface area (TPSA) is 73.8 Å². The molecule has 14 heteroatoms. The Morgan fingerprint density at radius 1 is 0.320 bits per heavy atom. The molecule has 4 aromatic carbocycles. The van der Waals surface area contributed by atoms with Crippen LogP contribution in [0.5, 0.6) is 0 Å². The van der Waals surface area contributed by atoms with E-state index in [9.17, 15) is 0 Å². The summed E-state index contributed by atoms with van der Waals surface area (Å²) in [6.45, 7) is 16.5. The first-order valence-electron chi connectivity index (χ1n) is 16.6. The predicted octanol–water partition coefficient (Wildman–Crippen LogP) is 5.17. The molecule has 4 bridgehead atoms. The third kappa shape index (κ3) is 6.31. The van der Waals surface area contributed by atoms with Gasteiger partial charge in [-0.2, -0.15) is 0 Å². The molecule has 3 saturated heterocycles. The molecular formula is C36H40O8Si6. The largest absolute Gasteiger partial charge is 0.514 e. The lowest BCUT2D eigenvalue weighted by atomic mass is 10.4. The Morgan fingerprint density at radius 2 is 0.520 bits per heavy atom. The molecular weight excluding hydrogens is 729 g/mol. The fourth-order valence-electron chi connectivity index (χ4n) is 6.63. The van der Waals surface area contributed by atoms with Gasteiger partial charge in [-0.3, -0.25) is 0 Å². The maximum absolute atomic E-state index is 7.72. The minimum absolute atomic E-state index is 0.437. The van der Waals surface area contributed by atoms with E-state index in [0.717, 1.165) is 20.7 Å². The van der Waals surface area contributed by atoms with E-state index >= 15 is 0 Å². The van der Waals surface area contributed by atoms with Gasteiger partial charge in [0.05, 0.1) is 0 Å². The molecule has 8 nitrogen and oxygen atoms in total. The first-order chi connectivity index (χ1) is 24.3. The Balaban J connectivity index is 1.62. The summed E-state index contributed by atoms with van der Waals surface area (Å²) in [6.07, 6.45) is 7.36. The SMILES string of the molecule is C=CC[Si]1(CC=C)O[Si]2(c3ccccc3)O[Si](c3ccccc3)(O1)O[Si]1(c3ccccc3)O[Si](CC=C)(CC=C)O[Si](c3ccccc3)(O1)O2. The predicted molar refractivity (Wildman–Crippen MR) is 208 cm³/mol. The van der Waals surface area contributed by atoms with Crippen molar-refractivity contribution in [3.63, 3.8) is 0 Å². The molecule has 0 amide bonds. The molecule has 0 radical (unpaired) electrons. The van der Waals surface area contributed by atoms with Gasteiger partial charge in [0.25, 0.3) is 0 Å². The molecule has 256 valence electrons. The lowest BCUT2D eigenvalue weighted by Gasteiger charge is -2.60. The maximum atomic E-state index is 7.72. The molecule has 4 aromatic rings. The fraction of sp³-hybridized carbons (Fsp3) is 0.111. The van der Waals surface area contributed by atoms with E-state index in [-0.39, 0.29) is 0 Å². The summed E-state index contributed by atoms with van der Waals surface area (Å²) in [5, 5.41) is 3.00. The fourth-order valence-corrected chi connectivity index (χ4v) is 40.5. The Bertz CT molecular complexity index is 1570. The molecule has 0 aliphatic carbocycles. The summed E-state index contributed by atoms with van der Waals surface area (Å²) >= 11 is 0. The van der Waals surface area contributed by atoms with Gasteiger partial charge in [0.2, 0.25) is 0 Å². The Labute approximate surface area is 300 Å². The van der Waals surface area contributed by atoms with E-state index in [1.807, 2.05) is 146 Å². The van der Waals surface area contributed by atoms with Gasteiger partial charge in [0.15, 0.2) is 0 Å². The number of allylic oxidation sites excluding steroid dienone is 4. The summed E-state index contributed by atoms with van der Waals surface area (Å²) in [4.78, 5) is 0. The molecule has 3 aliphatic rings. The van der Waals surface area contributed by atoms with Crippen molar-refractivity contribution in [1.29, 1.82) is 0 Å². The van der Waals surface area contributed by atoms with Crippen LogP contribution in [-0.2, 0) is 32.9 Å². The third-order valence-corrected chi connectivity index (χ3v) is 35.3. The molecule has 3 heterocycles. The van der Waals surface area contributed by atoms with Gasteiger partial charge in [-0.25, -0.2) is 0 Å². The highest BCUT2D eigenvalue weighted by molar-refractivity contribution is 7.09. The van der Waals surface area contributed by atoms with Gasteiger partial charge < -0.3 is 32.9 Å². The van der Waals surface area contributed by atoms with Crippen LogP contribution in [-0.4, -0.2) is 52.3 Å². The van der Waals surface area contributed by atoms with E-state index in [0.29, 0.717) is 24.2 Å². The molecule has 3 aliphatic heterocycles. The van der Waals surface area contributed by atoms with Crippen LogP contribution >= 0.6 is 0 Å². The van der Waals surface area contributed by atoms with Crippen molar-refractivity contribution in [2.75, 3.05) is 0 Å². The highest BCUT2D eigenvalue weighted by atomic mass is 28.6. The van der Waals surface area contributed by atoms with Crippen molar-refractivity contribution in [3.05, 3.63) is 172 Å². The first kappa shape index (κ1) is 35.2. The molecule has 0 unspecified atom stereocenters.